The normalized spacial score (nSPS) is 10.6. The second-order valence-corrected chi connectivity index (χ2v) is 5.39. The van der Waals surface area contributed by atoms with Gasteiger partial charge in [0.15, 0.2) is 0 Å². The maximum Gasteiger partial charge on any atom is -0.00743 e. The van der Waals surface area contributed by atoms with Gasteiger partial charge in [0.1, 0.15) is 0 Å². The fourth-order valence-electron chi connectivity index (χ4n) is 2.76. The van der Waals surface area contributed by atoms with Crippen LogP contribution in [0.15, 0.2) is 30.8 Å². The first-order valence-corrected chi connectivity index (χ1v) is 6.77. The molecule has 0 nitrogen and oxygen atoms in total. The van der Waals surface area contributed by atoms with E-state index >= 15 is 0 Å². The summed E-state index contributed by atoms with van der Waals surface area (Å²) in [7, 11) is 0. The van der Waals surface area contributed by atoms with E-state index in [9.17, 15) is 0 Å². The minimum atomic E-state index is 1.26. The van der Waals surface area contributed by atoms with E-state index < -0.39 is 0 Å². The lowest BCUT2D eigenvalue weighted by molar-refractivity contribution is 1.28. The van der Waals surface area contributed by atoms with Gasteiger partial charge in [0, 0.05) is 0 Å². The van der Waals surface area contributed by atoms with Crippen molar-refractivity contribution in [2.24, 2.45) is 0 Å². The lowest BCUT2D eigenvalue weighted by atomic mass is 9.86. The van der Waals surface area contributed by atoms with Crippen LogP contribution in [0.1, 0.15) is 33.4 Å². The van der Waals surface area contributed by atoms with Gasteiger partial charge in [-0.1, -0.05) is 36.9 Å². The quantitative estimate of drug-likeness (QED) is 0.656. The SMILES string of the molecule is C=Cc1c(C)ccc(C)c1-c1c(C)ccc(C)c1C. The predicted octanol–water partition coefficient (Wildman–Crippen LogP) is 5.54. The molecule has 0 radical (unpaired) electrons. The van der Waals surface area contributed by atoms with Gasteiger partial charge in [-0.3, -0.25) is 0 Å². The van der Waals surface area contributed by atoms with Crippen molar-refractivity contribution in [1.29, 1.82) is 0 Å². The van der Waals surface area contributed by atoms with Crippen LogP contribution in [0.2, 0.25) is 0 Å². The minimum Gasteiger partial charge on any atom is -0.0984 e. The average molecular weight is 250 g/mol. The Morgan fingerprint density at radius 1 is 0.684 bits per heavy atom. The van der Waals surface area contributed by atoms with Crippen molar-refractivity contribution in [1.82, 2.24) is 0 Å². The van der Waals surface area contributed by atoms with Crippen molar-refractivity contribution in [2.75, 3.05) is 0 Å². The van der Waals surface area contributed by atoms with Gasteiger partial charge >= 0.3 is 0 Å². The molecule has 0 aromatic heterocycles. The van der Waals surface area contributed by atoms with Gasteiger partial charge in [-0.25, -0.2) is 0 Å². The first-order valence-electron chi connectivity index (χ1n) is 6.77. The molecule has 0 unspecified atom stereocenters. The third-order valence-corrected chi connectivity index (χ3v) is 4.07. The van der Waals surface area contributed by atoms with Gasteiger partial charge < -0.3 is 0 Å². The highest BCUT2D eigenvalue weighted by Gasteiger charge is 2.14. The van der Waals surface area contributed by atoms with Crippen LogP contribution in [0, 0.1) is 34.6 Å². The molecule has 0 saturated heterocycles. The van der Waals surface area contributed by atoms with Crippen LogP contribution < -0.4 is 0 Å². The molecule has 0 aliphatic heterocycles. The number of hydrogen-bond acceptors (Lipinski definition) is 0. The van der Waals surface area contributed by atoms with Crippen molar-refractivity contribution in [2.45, 2.75) is 34.6 Å². The summed E-state index contributed by atoms with van der Waals surface area (Å²) in [5.74, 6) is 0. The molecule has 0 aliphatic rings. The van der Waals surface area contributed by atoms with Crippen LogP contribution >= 0.6 is 0 Å². The maximum atomic E-state index is 4.00. The third kappa shape index (κ3) is 2.23. The summed E-state index contributed by atoms with van der Waals surface area (Å²) in [4.78, 5) is 0. The number of hydrogen-bond donors (Lipinski definition) is 0. The molecule has 0 saturated carbocycles. The van der Waals surface area contributed by atoms with Gasteiger partial charge in [0.2, 0.25) is 0 Å². The summed E-state index contributed by atoms with van der Waals surface area (Å²) in [6.45, 7) is 14.9. The predicted molar refractivity (Wildman–Crippen MR) is 85.7 cm³/mol. The molecule has 2 aromatic rings. The second-order valence-electron chi connectivity index (χ2n) is 5.39. The molecule has 98 valence electrons. The van der Waals surface area contributed by atoms with Gasteiger partial charge in [-0.2, -0.15) is 0 Å². The smallest absolute Gasteiger partial charge is 0.00743 e. The van der Waals surface area contributed by atoms with E-state index in [0.29, 0.717) is 0 Å². The van der Waals surface area contributed by atoms with Crippen LogP contribution in [-0.2, 0) is 0 Å². The molecule has 0 heterocycles. The van der Waals surface area contributed by atoms with E-state index in [2.05, 4.69) is 65.5 Å². The van der Waals surface area contributed by atoms with E-state index in [0.717, 1.165) is 0 Å². The summed E-state index contributed by atoms with van der Waals surface area (Å²) in [6.07, 6.45) is 1.98. The summed E-state index contributed by atoms with van der Waals surface area (Å²) >= 11 is 0. The van der Waals surface area contributed by atoms with E-state index in [-0.39, 0.29) is 0 Å². The Labute approximate surface area is 116 Å². The Balaban J connectivity index is 2.90. The van der Waals surface area contributed by atoms with Gasteiger partial charge in [-0.15, -0.1) is 0 Å². The second kappa shape index (κ2) is 5.05. The molecular formula is C19H22. The van der Waals surface area contributed by atoms with Crippen LogP contribution in [0.25, 0.3) is 17.2 Å². The average Bonchev–Trinajstić information content (AvgIpc) is 2.38. The molecule has 0 N–H and O–H groups in total. The minimum absolute atomic E-state index is 1.26. The van der Waals surface area contributed by atoms with Crippen LogP contribution in [-0.4, -0.2) is 0 Å². The van der Waals surface area contributed by atoms with E-state index in [4.69, 9.17) is 0 Å². The molecule has 0 atom stereocenters. The van der Waals surface area contributed by atoms with Crippen LogP contribution in [0.3, 0.4) is 0 Å². The molecule has 0 bridgehead atoms. The lowest BCUT2D eigenvalue weighted by Gasteiger charge is -2.19. The summed E-state index contributed by atoms with van der Waals surface area (Å²) < 4.78 is 0. The molecule has 19 heavy (non-hydrogen) atoms. The first kappa shape index (κ1) is 13.6. The molecule has 0 aliphatic carbocycles. The number of rotatable bonds is 2. The highest BCUT2D eigenvalue weighted by Crippen LogP contribution is 2.36. The van der Waals surface area contributed by atoms with Crippen molar-refractivity contribution in [3.63, 3.8) is 0 Å². The fraction of sp³-hybridized carbons (Fsp3) is 0.263. The monoisotopic (exact) mass is 250 g/mol. The molecule has 2 rings (SSSR count). The van der Waals surface area contributed by atoms with Crippen molar-refractivity contribution < 1.29 is 0 Å². The van der Waals surface area contributed by atoms with Crippen molar-refractivity contribution >= 4 is 6.08 Å². The van der Waals surface area contributed by atoms with E-state index in [1.165, 1.54) is 44.5 Å². The Morgan fingerprint density at radius 2 is 1.16 bits per heavy atom. The molecule has 0 amide bonds. The standard InChI is InChI=1S/C19H22/c1-7-17-13(3)9-11-15(5)19(17)18-14(4)10-8-12(2)16(18)6/h7-11H,1H2,2-6H3. The first-order chi connectivity index (χ1) is 8.97. The Bertz CT molecular complexity index is 646. The molecule has 0 fully saturated rings. The summed E-state index contributed by atoms with van der Waals surface area (Å²) in [6, 6.07) is 8.80. The lowest BCUT2D eigenvalue weighted by Crippen LogP contribution is -1.97. The maximum absolute atomic E-state index is 4.00. The van der Waals surface area contributed by atoms with Crippen molar-refractivity contribution in [3.8, 4) is 11.1 Å². The fourth-order valence-corrected chi connectivity index (χ4v) is 2.76. The zero-order valence-corrected chi connectivity index (χ0v) is 12.6. The Hall–Kier alpha value is -1.82. The van der Waals surface area contributed by atoms with Gasteiger partial charge in [0.25, 0.3) is 0 Å². The van der Waals surface area contributed by atoms with Crippen LogP contribution in [0.5, 0.6) is 0 Å². The third-order valence-electron chi connectivity index (χ3n) is 4.07. The van der Waals surface area contributed by atoms with Crippen molar-refractivity contribution in [3.05, 3.63) is 64.2 Å². The largest absolute Gasteiger partial charge is 0.0984 e. The van der Waals surface area contributed by atoms with E-state index in [1.54, 1.807) is 0 Å². The van der Waals surface area contributed by atoms with Crippen LogP contribution in [0.4, 0.5) is 0 Å². The van der Waals surface area contributed by atoms with E-state index in [1.807, 2.05) is 6.08 Å². The number of aryl methyl sites for hydroxylation is 4. The molecule has 0 spiro atoms. The topological polar surface area (TPSA) is 0 Å². The van der Waals surface area contributed by atoms with Gasteiger partial charge in [-0.05, 0) is 79.1 Å². The zero-order chi connectivity index (χ0) is 14.2. The molecule has 0 heteroatoms. The van der Waals surface area contributed by atoms with Gasteiger partial charge in [0.05, 0.1) is 0 Å². The highest BCUT2D eigenvalue weighted by molar-refractivity contribution is 5.83. The summed E-state index contributed by atoms with van der Waals surface area (Å²) in [5.41, 5.74) is 10.6. The zero-order valence-electron chi connectivity index (χ0n) is 12.6. The highest BCUT2D eigenvalue weighted by atomic mass is 14.2. The Kier molecular flexibility index (Phi) is 3.61. The summed E-state index contributed by atoms with van der Waals surface area (Å²) in [5, 5.41) is 0. The Morgan fingerprint density at radius 3 is 1.74 bits per heavy atom. The molecule has 2 aromatic carbocycles. The number of benzene rings is 2. The molecular weight excluding hydrogens is 228 g/mol.